The molecule has 0 radical (unpaired) electrons. The number of ether oxygens (including phenoxy) is 1. The number of anilines is 1. The molecule has 8 nitrogen and oxygen atoms in total. The van der Waals surface area contributed by atoms with Gasteiger partial charge in [0, 0.05) is 20.2 Å². The lowest BCUT2D eigenvalue weighted by Crippen LogP contribution is -2.17. The van der Waals surface area contributed by atoms with E-state index in [4.69, 9.17) is 11.6 Å². The van der Waals surface area contributed by atoms with E-state index >= 15 is 0 Å². The summed E-state index contributed by atoms with van der Waals surface area (Å²) >= 11 is 5.85. The molecule has 0 bridgehead atoms. The number of methoxy groups -OCH3 is 1. The van der Waals surface area contributed by atoms with Crippen LogP contribution in [-0.2, 0) is 18.8 Å². The fraction of sp³-hybridized carbons (Fsp3) is 0.333. The number of aromatic nitrogens is 4. The molecule has 0 spiro atoms. The highest BCUT2D eigenvalue weighted by Crippen LogP contribution is 2.21. The van der Waals surface area contributed by atoms with Gasteiger partial charge in [0.15, 0.2) is 11.4 Å². The van der Waals surface area contributed by atoms with E-state index in [9.17, 15) is 9.59 Å². The van der Waals surface area contributed by atoms with Crippen molar-refractivity contribution in [3.05, 3.63) is 28.3 Å². The van der Waals surface area contributed by atoms with Crippen molar-refractivity contribution < 1.29 is 14.3 Å². The van der Waals surface area contributed by atoms with Crippen molar-refractivity contribution in [2.75, 3.05) is 12.4 Å². The summed E-state index contributed by atoms with van der Waals surface area (Å²) in [6, 6.07) is 1.43. The zero-order chi connectivity index (χ0) is 15.7. The third-order valence-electron chi connectivity index (χ3n) is 2.89. The normalized spacial score (nSPS) is 10.5. The van der Waals surface area contributed by atoms with Crippen molar-refractivity contribution in [3.63, 3.8) is 0 Å². The quantitative estimate of drug-likeness (QED) is 0.859. The highest BCUT2D eigenvalue weighted by atomic mass is 35.5. The van der Waals surface area contributed by atoms with Crippen molar-refractivity contribution in [1.82, 2.24) is 19.6 Å². The van der Waals surface area contributed by atoms with Crippen molar-refractivity contribution in [2.24, 2.45) is 14.1 Å². The summed E-state index contributed by atoms with van der Waals surface area (Å²) in [5.74, 6) is -1.08. The number of nitrogens with one attached hydrogen (secondary N) is 1. The van der Waals surface area contributed by atoms with Crippen molar-refractivity contribution in [1.29, 1.82) is 0 Å². The van der Waals surface area contributed by atoms with Crippen LogP contribution in [0.15, 0.2) is 6.07 Å². The Balaban J connectivity index is 2.35. The minimum atomic E-state index is -0.590. The first kappa shape index (κ1) is 15.0. The number of rotatable bonds is 3. The predicted octanol–water partition coefficient (Wildman–Crippen LogP) is 1.15. The molecule has 0 aromatic carbocycles. The van der Waals surface area contributed by atoms with Gasteiger partial charge in [0.2, 0.25) is 0 Å². The number of carbonyl (C=O) groups is 2. The molecule has 2 rings (SSSR count). The van der Waals surface area contributed by atoms with Gasteiger partial charge in [0.25, 0.3) is 5.91 Å². The average Bonchev–Trinajstić information content (AvgIpc) is 2.90. The molecule has 2 heterocycles. The fourth-order valence-electron chi connectivity index (χ4n) is 1.87. The molecule has 0 aliphatic carbocycles. The first-order valence-electron chi connectivity index (χ1n) is 5.98. The Morgan fingerprint density at radius 3 is 2.48 bits per heavy atom. The van der Waals surface area contributed by atoms with Gasteiger partial charge in [-0.05, 0) is 6.92 Å². The monoisotopic (exact) mass is 311 g/mol. The topological polar surface area (TPSA) is 91.0 Å². The van der Waals surface area contributed by atoms with E-state index in [-0.39, 0.29) is 17.1 Å². The Kier molecular flexibility index (Phi) is 3.99. The van der Waals surface area contributed by atoms with Gasteiger partial charge in [0.05, 0.1) is 18.5 Å². The van der Waals surface area contributed by atoms with E-state index in [0.717, 1.165) is 0 Å². The van der Waals surface area contributed by atoms with E-state index in [1.54, 1.807) is 21.0 Å². The highest BCUT2D eigenvalue weighted by Gasteiger charge is 2.23. The molecule has 0 aliphatic heterocycles. The zero-order valence-corrected chi connectivity index (χ0v) is 12.7. The van der Waals surface area contributed by atoms with Crippen LogP contribution >= 0.6 is 11.6 Å². The smallest absolute Gasteiger partial charge is 0.358 e. The van der Waals surface area contributed by atoms with Crippen molar-refractivity contribution in [2.45, 2.75) is 6.92 Å². The van der Waals surface area contributed by atoms with E-state index in [0.29, 0.717) is 10.8 Å². The Morgan fingerprint density at radius 1 is 1.29 bits per heavy atom. The second-order valence-corrected chi connectivity index (χ2v) is 4.74. The van der Waals surface area contributed by atoms with E-state index < -0.39 is 11.9 Å². The lowest BCUT2D eigenvalue weighted by molar-refractivity contribution is 0.0589. The van der Waals surface area contributed by atoms with Gasteiger partial charge >= 0.3 is 5.97 Å². The summed E-state index contributed by atoms with van der Waals surface area (Å²) in [7, 11) is 4.47. The number of nitrogens with zero attached hydrogens (tertiary/aromatic N) is 4. The Bertz CT molecular complexity index is 699. The largest absolute Gasteiger partial charge is 0.464 e. The molecule has 1 amide bonds. The number of hydrogen-bond acceptors (Lipinski definition) is 5. The maximum atomic E-state index is 12.2. The number of esters is 1. The van der Waals surface area contributed by atoms with Gasteiger partial charge in [-0.15, -0.1) is 0 Å². The first-order valence-corrected chi connectivity index (χ1v) is 6.35. The molecule has 112 valence electrons. The van der Waals surface area contributed by atoms with Crippen LogP contribution in [0.4, 0.5) is 5.69 Å². The summed E-state index contributed by atoms with van der Waals surface area (Å²) in [4.78, 5) is 23.9. The van der Waals surface area contributed by atoms with Crippen LogP contribution in [0.3, 0.4) is 0 Å². The lowest BCUT2D eigenvalue weighted by Gasteiger charge is -2.05. The summed E-state index contributed by atoms with van der Waals surface area (Å²) in [6.45, 7) is 1.67. The second kappa shape index (κ2) is 5.57. The molecule has 2 aromatic heterocycles. The molecule has 0 fully saturated rings. The molecule has 0 saturated carbocycles. The maximum absolute atomic E-state index is 12.2. The van der Waals surface area contributed by atoms with E-state index in [2.05, 4.69) is 20.3 Å². The summed E-state index contributed by atoms with van der Waals surface area (Å²) in [6.07, 6.45) is 0. The minimum Gasteiger partial charge on any atom is -0.464 e. The van der Waals surface area contributed by atoms with Gasteiger partial charge < -0.3 is 10.1 Å². The summed E-state index contributed by atoms with van der Waals surface area (Å²) < 4.78 is 7.41. The molecular formula is C12H14ClN5O3. The van der Waals surface area contributed by atoms with Crippen LogP contribution in [0.1, 0.15) is 26.7 Å². The molecular weight excluding hydrogens is 298 g/mol. The van der Waals surface area contributed by atoms with Gasteiger partial charge in [-0.1, -0.05) is 11.6 Å². The fourth-order valence-corrected chi connectivity index (χ4v) is 2.01. The molecule has 0 saturated heterocycles. The molecule has 1 N–H and O–H groups in total. The molecule has 0 unspecified atom stereocenters. The Morgan fingerprint density at radius 2 is 1.95 bits per heavy atom. The number of halogens is 1. The molecule has 0 atom stereocenters. The van der Waals surface area contributed by atoms with Crippen molar-refractivity contribution in [3.8, 4) is 0 Å². The van der Waals surface area contributed by atoms with Gasteiger partial charge in [-0.25, -0.2) is 4.79 Å². The van der Waals surface area contributed by atoms with E-state index in [1.165, 1.54) is 22.5 Å². The molecule has 0 aliphatic rings. The number of aryl methyl sites for hydroxylation is 3. The summed E-state index contributed by atoms with van der Waals surface area (Å²) in [5.41, 5.74) is 1.08. The molecule has 9 heteroatoms. The van der Waals surface area contributed by atoms with Crippen LogP contribution in [0.2, 0.25) is 5.15 Å². The standard InChI is InChI=1S/C12H14ClN5O3/c1-6-9(10(12(20)21-4)18(3)15-6)14-11(19)7-5-8(13)17(2)16-7/h5H,1-4H3,(H,14,19). The second-order valence-electron chi connectivity index (χ2n) is 4.35. The third kappa shape index (κ3) is 2.75. The van der Waals surface area contributed by atoms with Crippen LogP contribution in [0, 0.1) is 6.92 Å². The SMILES string of the molecule is COC(=O)c1c(NC(=O)c2cc(Cl)n(C)n2)c(C)nn1C. The van der Waals surface area contributed by atoms with E-state index in [1.807, 2.05) is 0 Å². The Labute approximate surface area is 125 Å². The highest BCUT2D eigenvalue weighted by molar-refractivity contribution is 6.30. The number of hydrogen-bond donors (Lipinski definition) is 1. The third-order valence-corrected chi connectivity index (χ3v) is 3.25. The van der Waals surface area contributed by atoms with Crippen LogP contribution < -0.4 is 5.32 Å². The first-order chi connectivity index (χ1) is 9.85. The number of carbonyl (C=O) groups excluding carboxylic acids is 2. The van der Waals surface area contributed by atoms with Crippen LogP contribution in [-0.4, -0.2) is 38.5 Å². The number of amides is 1. The Hall–Kier alpha value is -2.35. The molecule has 2 aromatic rings. The average molecular weight is 312 g/mol. The van der Waals surface area contributed by atoms with Crippen LogP contribution in [0.25, 0.3) is 0 Å². The lowest BCUT2D eigenvalue weighted by atomic mass is 10.2. The maximum Gasteiger partial charge on any atom is 0.358 e. The van der Waals surface area contributed by atoms with Gasteiger partial charge in [-0.3, -0.25) is 14.2 Å². The van der Waals surface area contributed by atoms with Gasteiger partial charge in [0.1, 0.15) is 5.15 Å². The minimum absolute atomic E-state index is 0.140. The van der Waals surface area contributed by atoms with Crippen molar-refractivity contribution >= 4 is 29.2 Å². The zero-order valence-electron chi connectivity index (χ0n) is 12.0. The van der Waals surface area contributed by atoms with Crippen LogP contribution in [0.5, 0.6) is 0 Å². The molecule has 21 heavy (non-hydrogen) atoms. The summed E-state index contributed by atoms with van der Waals surface area (Å²) in [5, 5.41) is 11.0. The predicted molar refractivity (Wildman–Crippen MR) is 75.5 cm³/mol. The van der Waals surface area contributed by atoms with Gasteiger partial charge in [-0.2, -0.15) is 10.2 Å².